The Morgan fingerprint density at radius 1 is 0.818 bits per heavy atom. The minimum absolute atomic E-state index is 0.198. The van der Waals surface area contributed by atoms with Crippen LogP contribution in [-0.4, -0.2) is 32.3 Å². The van der Waals surface area contributed by atoms with Crippen molar-refractivity contribution in [1.29, 1.82) is 0 Å². The number of benzene rings is 3. The molecule has 1 heterocycles. The van der Waals surface area contributed by atoms with E-state index in [2.05, 4.69) is 12.1 Å². The summed E-state index contributed by atoms with van der Waals surface area (Å²) in [6.07, 6.45) is -0.754. The van der Waals surface area contributed by atoms with E-state index in [0.717, 1.165) is 22.3 Å². The van der Waals surface area contributed by atoms with Crippen molar-refractivity contribution in [3.63, 3.8) is 0 Å². The molecular weight excluding hydrogens is 438 g/mol. The van der Waals surface area contributed by atoms with Crippen molar-refractivity contribution in [2.75, 3.05) is 19.1 Å². The molecule has 0 unspecified atom stereocenters. The maximum absolute atomic E-state index is 14.1. The molecule has 0 N–H and O–H groups in total. The van der Waals surface area contributed by atoms with Gasteiger partial charge in [-0.05, 0) is 46.5 Å². The smallest absolute Gasteiger partial charge is 0.239 e. The molecule has 3 aromatic carbocycles. The molecule has 1 saturated heterocycles. The Labute approximate surface area is 196 Å². The summed E-state index contributed by atoms with van der Waals surface area (Å²) in [5, 5.41) is 0.547. The molecule has 2 amide bonds. The first-order valence-electron chi connectivity index (χ1n) is 10.9. The van der Waals surface area contributed by atoms with Crippen molar-refractivity contribution >= 4 is 29.1 Å². The lowest BCUT2D eigenvalue weighted by Crippen LogP contribution is -2.60. The van der Waals surface area contributed by atoms with Crippen LogP contribution in [0.4, 0.5) is 5.69 Å². The van der Waals surface area contributed by atoms with Crippen LogP contribution in [0.25, 0.3) is 0 Å². The predicted octanol–water partition coefficient (Wildman–Crippen LogP) is 4.51. The van der Waals surface area contributed by atoms with E-state index < -0.39 is 23.5 Å². The van der Waals surface area contributed by atoms with Crippen LogP contribution in [0.3, 0.4) is 0 Å². The highest BCUT2D eigenvalue weighted by atomic mass is 35.5. The van der Waals surface area contributed by atoms with E-state index in [4.69, 9.17) is 21.1 Å². The number of ether oxygens (including phenoxy) is 2. The van der Waals surface area contributed by atoms with Crippen molar-refractivity contribution in [1.82, 2.24) is 0 Å². The molecule has 4 aliphatic rings. The van der Waals surface area contributed by atoms with Crippen LogP contribution in [0.2, 0.25) is 5.02 Å². The first-order chi connectivity index (χ1) is 16.1. The summed E-state index contributed by atoms with van der Waals surface area (Å²) >= 11 is 6.07. The predicted molar refractivity (Wildman–Crippen MR) is 124 cm³/mol. The highest BCUT2D eigenvalue weighted by Crippen LogP contribution is 2.65. The Morgan fingerprint density at radius 3 is 1.91 bits per heavy atom. The van der Waals surface area contributed by atoms with Gasteiger partial charge in [0.15, 0.2) is 6.29 Å². The van der Waals surface area contributed by atoms with Gasteiger partial charge in [-0.2, -0.15) is 0 Å². The van der Waals surface area contributed by atoms with Gasteiger partial charge in [-0.15, -0.1) is 0 Å². The molecule has 2 bridgehead atoms. The average molecular weight is 460 g/mol. The zero-order valence-corrected chi connectivity index (χ0v) is 19.0. The standard InChI is InChI=1S/C27H22ClNO4/c1-32-26(33-2)27-19-9-5-3-7-17(19)21(18-8-4-6-10-20(18)27)22-23(27)25(31)29(24(22)30)16-13-11-15(28)12-14-16/h3-14,21-23,26H,1-2H3/t21?,22-,23-,27?/m1/s1. The van der Waals surface area contributed by atoms with E-state index in [1.807, 2.05) is 36.4 Å². The van der Waals surface area contributed by atoms with Gasteiger partial charge in [-0.1, -0.05) is 60.1 Å². The zero-order valence-electron chi connectivity index (χ0n) is 18.2. The van der Waals surface area contributed by atoms with Crippen molar-refractivity contribution in [3.8, 4) is 0 Å². The first kappa shape index (κ1) is 20.6. The lowest BCUT2D eigenvalue weighted by Gasteiger charge is -2.56. The van der Waals surface area contributed by atoms with Gasteiger partial charge in [0.1, 0.15) is 0 Å². The Kier molecular flexibility index (Phi) is 4.53. The summed E-state index contributed by atoms with van der Waals surface area (Å²) in [6.45, 7) is 0. The van der Waals surface area contributed by atoms with E-state index >= 15 is 0 Å². The number of imide groups is 1. The molecule has 1 aliphatic heterocycles. The molecule has 7 rings (SSSR count). The third-order valence-corrected chi connectivity index (χ3v) is 7.82. The highest BCUT2D eigenvalue weighted by Gasteiger charge is 2.71. The molecule has 5 nitrogen and oxygen atoms in total. The fourth-order valence-corrected chi connectivity index (χ4v) is 6.67. The van der Waals surface area contributed by atoms with E-state index in [9.17, 15) is 9.59 Å². The molecule has 2 atom stereocenters. The Balaban J connectivity index is 1.67. The summed E-state index contributed by atoms with van der Waals surface area (Å²) < 4.78 is 11.8. The van der Waals surface area contributed by atoms with Crippen molar-refractivity contribution in [3.05, 3.63) is 100 Å². The largest absolute Gasteiger partial charge is 0.355 e. The number of hydrogen-bond donors (Lipinski definition) is 0. The van der Waals surface area contributed by atoms with Gasteiger partial charge in [-0.3, -0.25) is 9.59 Å². The molecule has 1 fully saturated rings. The number of rotatable bonds is 4. The van der Waals surface area contributed by atoms with Gasteiger partial charge in [-0.25, -0.2) is 4.90 Å². The van der Waals surface area contributed by atoms with Crippen LogP contribution < -0.4 is 4.90 Å². The van der Waals surface area contributed by atoms with Crippen LogP contribution in [0.5, 0.6) is 0 Å². The van der Waals surface area contributed by atoms with Crippen LogP contribution in [0.15, 0.2) is 72.8 Å². The fourth-order valence-electron chi connectivity index (χ4n) is 6.54. The third-order valence-electron chi connectivity index (χ3n) is 7.57. The second-order valence-corrected chi connectivity index (χ2v) is 9.25. The molecule has 0 radical (unpaired) electrons. The molecule has 0 saturated carbocycles. The quantitative estimate of drug-likeness (QED) is 0.425. The summed E-state index contributed by atoms with van der Waals surface area (Å²) in [5.74, 6) is -1.85. The number of nitrogens with zero attached hydrogens (tertiary/aromatic N) is 1. The number of methoxy groups -OCH3 is 2. The number of amides is 2. The van der Waals surface area contributed by atoms with Crippen LogP contribution in [0, 0.1) is 11.8 Å². The average Bonchev–Trinajstić information content (AvgIpc) is 3.12. The Morgan fingerprint density at radius 2 is 1.36 bits per heavy atom. The molecule has 0 spiro atoms. The lowest BCUT2D eigenvalue weighted by atomic mass is 9.47. The number of anilines is 1. The monoisotopic (exact) mass is 459 g/mol. The maximum atomic E-state index is 14.1. The molecule has 0 aromatic heterocycles. The van der Waals surface area contributed by atoms with Gasteiger partial charge in [0, 0.05) is 25.2 Å². The maximum Gasteiger partial charge on any atom is 0.239 e. The molecule has 6 heteroatoms. The van der Waals surface area contributed by atoms with Gasteiger partial charge in [0.2, 0.25) is 11.8 Å². The van der Waals surface area contributed by atoms with Gasteiger partial charge in [0.05, 0.1) is 22.9 Å². The molecule has 3 aromatic rings. The van der Waals surface area contributed by atoms with Gasteiger partial charge in [0.25, 0.3) is 0 Å². The fraction of sp³-hybridized carbons (Fsp3) is 0.259. The van der Waals surface area contributed by atoms with E-state index in [0.29, 0.717) is 10.7 Å². The van der Waals surface area contributed by atoms with E-state index in [1.165, 1.54) is 4.90 Å². The summed E-state index contributed by atoms with van der Waals surface area (Å²) in [5.41, 5.74) is 3.65. The molecule has 3 aliphatic carbocycles. The Hall–Kier alpha value is -2.99. The summed E-state index contributed by atoms with van der Waals surface area (Å²) in [4.78, 5) is 29.5. The van der Waals surface area contributed by atoms with Crippen LogP contribution >= 0.6 is 11.6 Å². The highest BCUT2D eigenvalue weighted by molar-refractivity contribution is 6.31. The molecule has 33 heavy (non-hydrogen) atoms. The number of hydrogen-bond acceptors (Lipinski definition) is 4. The summed E-state index contributed by atoms with van der Waals surface area (Å²) in [7, 11) is 3.17. The number of carbonyl (C=O) groups is 2. The minimum atomic E-state index is -0.954. The van der Waals surface area contributed by atoms with Crippen molar-refractivity contribution in [2.24, 2.45) is 11.8 Å². The molecular formula is C27H22ClNO4. The molecule has 166 valence electrons. The van der Waals surface area contributed by atoms with Crippen molar-refractivity contribution < 1.29 is 19.1 Å². The van der Waals surface area contributed by atoms with Crippen LogP contribution in [0.1, 0.15) is 28.2 Å². The second-order valence-electron chi connectivity index (χ2n) is 8.82. The second kappa shape index (κ2) is 7.26. The normalized spacial score (nSPS) is 27.0. The number of carbonyl (C=O) groups excluding carboxylic acids is 2. The lowest BCUT2D eigenvalue weighted by molar-refractivity contribution is -0.168. The SMILES string of the molecule is COC(OC)C12c3ccccc3C(c3ccccc31)[C@H]1C(=O)N(c3ccc(Cl)cc3)C(=O)[C@@H]12. The van der Waals surface area contributed by atoms with Gasteiger partial charge >= 0.3 is 0 Å². The van der Waals surface area contributed by atoms with Crippen molar-refractivity contribution in [2.45, 2.75) is 17.6 Å². The minimum Gasteiger partial charge on any atom is -0.355 e. The van der Waals surface area contributed by atoms with Gasteiger partial charge < -0.3 is 9.47 Å². The Bertz CT molecular complexity index is 1240. The van der Waals surface area contributed by atoms with Crippen LogP contribution in [-0.2, 0) is 24.5 Å². The van der Waals surface area contributed by atoms with E-state index in [-0.39, 0.29) is 17.7 Å². The topological polar surface area (TPSA) is 55.8 Å². The zero-order chi connectivity index (χ0) is 22.9. The summed E-state index contributed by atoms with van der Waals surface area (Å²) in [6, 6.07) is 22.9. The van der Waals surface area contributed by atoms with E-state index in [1.54, 1.807) is 38.5 Å². The third kappa shape index (κ3) is 2.45. The first-order valence-corrected chi connectivity index (χ1v) is 11.3. The number of halogens is 1.